The molecule has 0 saturated carbocycles. The molecule has 1 unspecified atom stereocenters. The fourth-order valence-electron chi connectivity index (χ4n) is 1.69. The van der Waals surface area contributed by atoms with Crippen molar-refractivity contribution >= 4 is 23.8 Å². The number of carboxylic acids is 1. The molecule has 0 aliphatic rings. The van der Waals surface area contributed by atoms with Gasteiger partial charge in [0, 0.05) is 6.04 Å². The van der Waals surface area contributed by atoms with Crippen LogP contribution in [0.1, 0.15) is 46.0 Å². The van der Waals surface area contributed by atoms with E-state index in [0.29, 0.717) is 12.2 Å². The van der Waals surface area contributed by atoms with Gasteiger partial charge in [0.1, 0.15) is 6.04 Å². The number of rotatable bonds is 10. The molecule has 0 bridgehead atoms. The Morgan fingerprint density at radius 1 is 1.21 bits per heavy atom. The maximum atomic E-state index is 11.7. The van der Waals surface area contributed by atoms with Gasteiger partial charge < -0.3 is 15.7 Å². The van der Waals surface area contributed by atoms with Gasteiger partial charge in [-0.15, -0.1) is 0 Å². The summed E-state index contributed by atoms with van der Waals surface area (Å²) >= 11 is 1.57. The van der Waals surface area contributed by atoms with Crippen LogP contribution in [0.5, 0.6) is 0 Å². The van der Waals surface area contributed by atoms with E-state index in [9.17, 15) is 9.59 Å². The molecule has 0 aromatic carbocycles. The molecule has 0 aromatic heterocycles. The van der Waals surface area contributed by atoms with Crippen molar-refractivity contribution in [3.63, 3.8) is 0 Å². The molecule has 6 heteroatoms. The second kappa shape index (κ2) is 11.0. The van der Waals surface area contributed by atoms with Gasteiger partial charge in [-0.1, -0.05) is 26.2 Å². The predicted molar refractivity (Wildman–Crippen MR) is 79.7 cm³/mol. The van der Waals surface area contributed by atoms with Crippen LogP contribution in [0.4, 0.5) is 4.79 Å². The first kappa shape index (κ1) is 18.1. The van der Waals surface area contributed by atoms with Crippen LogP contribution in [0.3, 0.4) is 0 Å². The third kappa shape index (κ3) is 9.64. The van der Waals surface area contributed by atoms with Crippen molar-refractivity contribution in [2.24, 2.45) is 0 Å². The molecule has 5 nitrogen and oxygen atoms in total. The Morgan fingerprint density at radius 3 is 2.42 bits per heavy atom. The number of amides is 2. The molecule has 0 fully saturated rings. The molecular formula is C13H26N2O3S. The highest BCUT2D eigenvalue weighted by molar-refractivity contribution is 7.98. The lowest BCUT2D eigenvalue weighted by molar-refractivity contribution is -0.139. The van der Waals surface area contributed by atoms with Gasteiger partial charge in [-0.2, -0.15) is 11.8 Å². The van der Waals surface area contributed by atoms with Crippen LogP contribution in [0.2, 0.25) is 0 Å². The number of carbonyl (C=O) groups excluding carboxylic acids is 1. The second-order valence-electron chi connectivity index (χ2n) is 4.69. The first-order chi connectivity index (χ1) is 9.01. The third-order valence-electron chi connectivity index (χ3n) is 2.83. The lowest BCUT2D eigenvalue weighted by atomic mass is 10.1. The summed E-state index contributed by atoms with van der Waals surface area (Å²) < 4.78 is 0. The Kier molecular flexibility index (Phi) is 10.4. The molecule has 0 spiro atoms. The van der Waals surface area contributed by atoms with Gasteiger partial charge in [0.2, 0.25) is 0 Å². The Morgan fingerprint density at radius 2 is 1.89 bits per heavy atom. The van der Waals surface area contributed by atoms with Gasteiger partial charge in [0.05, 0.1) is 0 Å². The molecule has 19 heavy (non-hydrogen) atoms. The topological polar surface area (TPSA) is 78.4 Å². The van der Waals surface area contributed by atoms with Crippen molar-refractivity contribution < 1.29 is 14.7 Å². The molecule has 0 aliphatic heterocycles. The van der Waals surface area contributed by atoms with Gasteiger partial charge in [0.25, 0.3) is 0 Å². The Bertz CT molecular complexity index is 275. The SMILES string of the molecule is CCCCCC(C)NC(=O)N[C@H](CCSC)C(=O)O. The average Bonchev–Trinajstić information content (AvgIpc) is 2.34. The van der Waals surface area contributed by atoms with Gasteiger partial charge >= 0.3 is 12.0 Å². The molecule has 0 aromatic rings. The minimum atomic E-state index is -0.983. The van der Waals surface area contributed by atoms with E-state index in [-0.39, 0.29) is 6.04 Å². The van der Waals surface area contributed by atoms with Gasteiger partial charge in [-0.25, -0.2) is 9.59 Å². The van der Waals surface area contributed by atoms with E-state index in [1.807, 2.05) is 13.2 Å². The number of carbonyl (C=O) groups is 2. The Balaban J connectivity index is 4.00. The zero-order chi connectivity index (χ0) is 14.7. The van der Waals surface area contributed by atoms with Crippen molar-refractivity contribution in [2.45, 2.75) is 58.0 Å². The van der Waals surface area contributed by atoms with Gasteiger partial charge in [0.15, 0.2) is 0 Å². The van der Waals surface area contributed by atoms with E-state index in [0.717, 1.165) is 25.7 Å². The van der Waals surface area contributed by atoms with E-state index in [1.54, 1.807) is 11.8 Å². The number of thioether (sulfide) groups is 1. The zero-order valence-electron chi connectivity index (χ0n) is 12.1. The average molecular weight is 290 g/mol. The normalized spacial score (nSPS) is 13.6. The van der Waals surface area contributed by atoms with E-state index >= 15 is 0 Å². The van der Waals surface area contributed by atoms with Crippen molar-refractivity contribution in [1.82, 2.24) is 10.6 Å². The maximum absolute atomic E-state index is 11.7. The molecule has 0 saturated heterocycles. The molecule has 0 heterocycles. The standard InChI is InChI=1S/C13H26N2O3S/c1-4-5-6-7-10(2)14-13(18)15-11(12(16)17)8-9-19-3/h10-11H,4-9H2,1-3H3,(H,16,17)(H2,14,15,18)/t10?,11-/m1/s1. The summed E-state index contributed by atoms with van der Waals surface area (Å²) in [6, 6.07) is -1.13. The third-order valence-corrected chi connectivity index (χ3v) is 3.48. The number of urea groups is 1. The Labute approximate surface area is 119 Å². The number of hydrogen-bond donors (Lipinski definition) is 3. The van der Waals surface area contributed by atoms with Crippen molar-refractivity contribution in [3.8, 4) is 0 Å². The smallest absolute Gasteiger partial charge is 0.326 e. The largest absolute Gasteiger partial charge is 0.480 e. The lowest BCUT2D eigenvalue weighted by Crippen LogP contribution is -2.48. The molecule has 3 N–H and O–H groups in total. The van der Waals surface area contributed by atoms with Crippen LogP contribution < -0.4 is 10.6 Å². The van der Waals surface area contributed by atoms with Gasteiger partial charge in [-0.3, -0.25) is 0 Å². The van der Waals surface area contributed by atoms with Crippen LogP contribution in [-0.2, 0) is 4.79 Å². The molecule has 0 radical (unpaired) electrons. The maximum Gasteiger partial charge on any atom is 0.326 e. The van der Waals surface area contributed by atoms with Crippen LogP contribution in [0.25, 0.3) is 0 Å². The van der Waals surface area contributed by atoms with Crippen molar-refractivity contribution in [1.29, 1.82) is 0 Å². The second-order valence-corrected chi connectivity index (χ2v) is 5.67. The highest BCUT2D eigenvalue weighted by atomic mass is 32.2. The van der Waals surface area contributed by atoms with E-state index in [4.69, 9.17) is 5.11 Å². The quantitative estimate of drug-likeness (QED) is 0.540. The van der Waals surface area contributed by atoms with Crippen LogP contribution in [-0.4, -0.2) is 41.2 Å². The Hall–Kier alpha value is -0.910. The highest BCUT2D eigenvalue weighted by Gasteiger charge is 2.19. The predicted octanol–water partition coefficient (Wildman–Crippen LogP) is 2.46. The number of hydrogen-bond acceptors (Lipinski definition) is 3. The van der Waals surface area contributed by atoms with Crippen LogP contribution in [0.15, 0.2) is 0 Å². The zero-order valence-corrected chi connectivity index (χ0v) is 12.9. The summed E-state index contributed by atoms with van der Waals surface area (Å²) in [6.45, 7) is 4.07. The number of carboxylic acid groups (broad SMARTS) is 1. The van der Waals surface area contributed by atoms with Crippen molar-refractivity contribution in [3.05, 3.63) is 0 Å². The first-order valence-electron chi connectivity index (χ1n) is 6.80. The van der Waals surface area contributed by atoms with Gasteiger partial charge in [-0.05, 0) is 31.8 Å². The molecule has 0 aliphatic carbocycles. The van der Waals surface area contributed by atoms with Crippen LogP contribution >= 0.6 is 11.8 Å². The summed E-state index contributed by atoms with van der Waals surface area (Å²) in [5.41, 5.74) is 0. The summed E-state index contributed by atoms with van der Waals surface area (Å²) in [4.78, 5) is 22.7. The minimum Gasteiger partial charge on any atom is -0.480 e. The van der Waals surface area contributed by atoms with E-state index in [2.05, 4.69) is 17.6 Å². The highest BCUT2D eigenvalue weighted by Crippen LogP contribution is 2.03. The monoisotopic (exact) mass is 290 g/mol. The van der Waals surface area contributed by atoms with E-state index in [1.165, 1.54) is 0 Å². The fraction of sp³-hybridized carbons (Fsp3) is 0.846. The van der Waals surface area contributed by atoms with E-state index < -0.39 is 18.0 Å². The minimum absolute atomic E-state index is 0.0709. The first-order valence-corrected chi connectivity index (χ1v) is 8.19. The molecular weight excluding hydrogens is 264 g/mol. The summed E-state index contributed by atoms with van der Waals surface area (Å²) in [7, 11) is 0. The molecule has 2 amide bonds. The van der Waals surface area contributed by atoms with Crippen molar-refractivity contribution in [2.75, 3.05) is 12.0 Å². The molecule has 112 valence electrons. The summed E-state index contributed by atoms with van der Waals surface area (Å²) in [6.07, 6.45) is 6.65. The lowest BCUT2D eigenvalue weighted by Gasteiger charge is -2.18. The number of unbranched alkanes of at least 4 members (excludes halogenated alkanes) is 2. The summed E-state index contributed by atoms with van der Waals surface area (Å²) in [5.74, 6) is -0.272. The molecule has 0 rings (SSSR count). The fourth-order valence-corrected chi connectivity index (χ4v) is 2.16. The summed E-state index contributed by atoms with van der Waals surface area (Å²) in [5, 5.41) is 14.3. The van der Waals surface area contributed by atoms with Crippen LogP contribution in [0, 0.1) is 0 Å². The number of aliphatic carboxylic acids is 1. The number of nitrogens with one attached hydrogen (secondary N) is 2. The molecule has 2 atom stereocenters.